The van der Waals surface area contributed by atoms with Gasteiger partial charge in [-0.05, 0) is 18.4 Å². The number of ether oxygens (including phenoxy) is 1. The molecule has 0 bridgehead atoms. The number of hydrogen-bond acceptors (Lipinski definition) is 3. The van der Waals surface area contributed by atoms with Gasteiger partial charge in [-0.15, -0.1) is 0 Å². The van der Waals surface area contributed by atoms with Crippen LogP contribution in [0.15, 0.2) is 30.3 Å². The van der Waals surface area contributed by atoms with E-state index in [1.165, 1.54) is 4.90 Å². The molecule has 22 heavy (non-hydrogen) atoms. The lowest BCUT2D eigenvalue weighted by Gasteiger charge is -2.23. The first-order valence-corrected chi connectivity index (χ1v) is 8.17. The van der Waals surface area contributed by atoms with Gasteiger partial charge in [-0.1, -0.05) is 63.4 Å². The zero-order chi connectivity index (χ0) is 15.9. The molecule has 2 amide bonds. The van der Waals surface area contributed by atoms with Crippen molar-refractivity contribution in [3.63, 3.8) is 0 Å². The van der Waals surface area contributed by atoms with Crippen LogP contribution in [0.2, 0.25) is 0 Å². The zero-order valence-electron chi connectivity index (χ0n) is 13.5. The smallest absolute Gasteiger partial charge is 0.416 e. The summed E-state index contributed by atoms with van der Waals surface area (Å²) in [6, 6.07) is 9.72. The second-order valence-corrected chi connectivity index (χ2v) is 6.03. The third-order valence-electron chi connectivity index (χ3n) is 4.17. The number of nitrogens with zero attached hydrogens (tertiary/aromatic N) is 1. The van der Waals surface area contributed by atoms with Crippen molar-refractivity contribution in [3.05, 3.63) is 35.9 Å². The second-order valence-electron chi connectivity index (χ2n) is 6.03. The number of carbonyl (C=O) groups excluding carboxylic acids is 2. The standard InChI is InChI=1S/C18H25NO3/c1-3-4-6-9-14(2)17(20)19-16(13-22-18(19)21)12-15-10-7-5-8-11-15/h5,7-8,10-11,14,16H,3-4,6,9,12-13H2,1-2H3/t14-,16+/m1/s1. The predicted molar refractivity (Wildman–Crippen MR) is 85.4 cm³/mol. The molecule has 1 aromatic rings. The van der Waals surface area contributed by atoms with E-state index < -0.39 is 6.09 Å². The van der Waals surface area contributed by atoms with Crippen molar-refractivity contribution in [2.24, 2.45) is 5.92 Å². The largest absolute Gasteiger partial charge is 0.447 e. The molecule has 0 unspecified atom stereocenters. The molecule has 1 fully saturated rings. The van der Waals surface area contributed by atoms with Crippen LogP contribution in [0.1, 0.15) is 45.1 Å². The lowest BCUT2D eigenvalue weighted by molar-refractivity contribution is -0.133. The molecule has 2 atom stereocenters. The van der Waals surface area contributed by atoms with E-state index in [0.717, 1.165) is 31.2 Å². The highest BCUT2D eigenvalue weighted by molar-refractivity contribution is 5.94. The van der Waals surface area contributed by atoms with Crippen LogP contribution in [0, 0.1) is 5.92 Å². The van der Waals surface area contributed by atoms with Crippen molar-refractivity contribution in [1.82, 2.24) is 4.90 Å². The summed E-state index contributed by atoms with van der Waals surface area (Å²) in [5.74, 6) is -0.227. The van der Waals surface area contributed by atoms with Crippen LogP contribution >= 0.6 is 0 Å². The van der Waals surface area contributed by atoms with Gasteiger partial charge in [-0.3, -0.25) is 4.79 Å². The molecular formula is C18H25NO3. The molecule has 0 aromatic heterocycles. The Morgan fingerprint density at radius 2 is 2.05 bits per heavy atom. The van der Waals surface area contributed by atoms with E-state index in [9.17, 15) is 9.59 Å². The minimum absolute atomic E-state index is 0.0977. The van der Waals surface area contributed by atoms with Crippen LogP contribution in [-0.4, -0.2) is 29.5 Å². The van der Waals surface area contributed by atoms with Crippen LogP contribution in [-0.2, 0) is 16.0 Å². The van der Waals surface area contributed by atoms with Crippen LogP contribution < -0.4 is 0 Å². The number of unbranched alkanes of at least 4 members (excludes halogenated alkanes) is 2. The maximum absolute atomic E-state index is 12.6. The fraction of sp³-hybridized carbons (Fsp3) is 0.556. The number of benzene rings is 1. The van der Waals surface area contributed by atoms with E-state index in [1.54, 1.807) is 0 Å². The summed E-state index contributed by atoms with van der Waals surface area (Å²) in [5.41, 5.74) is 1.11. The van der Waals surface area contributed by atoms with Crippen molar-refractivity contribution >= 4 is 12.0 Å². The summed E-state index contributed by atoms with van der Waals surface area (Å²) in [4.78, 5) is 25.8. The number of carbonyl (C=O) groups is 2. The maximum atomic E-state index is 12.6. The van der Waals surface area contributed by atoms with Gasteiger partial charge in [0.05, 0.1) is 6.04 Å². The molecule has 2 rings (SSSR count). The van der Waals surface area contributed by atoms with Crippen molar-refractivity contribution in [3.8, 4) is 0 Å². The van der Waals surface area contributed by atoms with E-state index in [0.29, 0.717) is 13.0 Å². The summed E-state index contributed by atoms with van der Waals surface area (Å²) >= 11 is 0. The van der Waals surface area contributed by atoms with Gasteiger partial charge in [-0.25, -0.2) is 9.69 Å². The Morgan fingerprint density at radius 1 is 1.32 bits per heavy atom. The molecule has 0 saturated carbocycles. The Kier molecular flexibility index (Phi) is 5.99. The number of cyclic esters (lactones) is 1. The first kappa shape index (κ1) is 16.5. The van der Waals surface area contributed by atoms with Gasteiger partial charge in [-0.2, -0.15) is 0 Å². The molecule has 120 valence electrons. The Hall–Kier alpha value is -1.84. The highest BCUT2D eigenvalue weighted by atomic mass is 16.6. The average molecular weight is 303 g/mol. The maximum Gasteiger partial charge on any atom is 0.416 e. The summed E-state index contributed by atoms with van der Waals surface area (Å²) in [6.07, 6.45) is 4.26. The van der Waals surface area contributed by atoms with Gasteiger partial charge in [0.15, 0.2) is 0 Å². The molecule has 1 saturated heterocycles. The van der Waals surface area contributed by atoms with Gasteiger partial charge in [0, 0.05) is 5.92 Å². The molecule has 0 spiro atoms. The molecular weight excluding hydrogens is 278 g/mol. The molecule has 4 heteroatoms. The highest BCUT2D eigenvalue weighted by Crippen LogP contribution is 2.22. The molecule has 1 aromatic carbocycles. The van der Waals surface area contributed by atoms with E-state index >= 15 is 0 Å². The fourth-order valence-electron chi connectivity index (χ4n) is 2.83. The van der Waals surface area contributed by atoms with Gasteiger partial charge in [0.2, 0.25) is 5.91 Å². The van der Waals surface area contributed by atoms with Gasteiger partial charge in [0.25, 0.3) is 0 Å². The molecule has 1 aliphatic heterocycles. The Morgan fingerprint density at radius 3 is 2.73 bits per heavy atom. The van der Waals surface area contributed by atoms with E-state index in [-0.39, 0.29) is 17.9 Å². The second kappa shape index (κ2) is 7.97. The number of rotatable bonds is 7. The summed E-state index contributed by atoms with van der Waals surface area (Å²) in [5, 5.41) is 0. The molecule has 1 aliphatic rings. The lowest BCUT2D eigenvalue weighted by atomic mass is 10.00. The molecule has 1 heterocycles. The van der Waals surface area contributed by atoms with E-state index in [1.807, 2.05) is 37.3 Å². The first-order valence-electron chi connectivity index (χ1n) is 8.17. The monoisotopic (exact) mass is 303 g/mol. The number of amides is 2. The zero-order valence-corrected chi connectivity index (χ0v) is 13.5. The minimum atomic E-state index is -0.492. The summed E-state index contributed by atoms with van der Waals surface area (Å²) in [7, 11) is 0. The van der Waals surface area contributed by atoms with Crippen LogP contribution in [0.4, 0.5) is 4.79 Å². The highest BCUT2D eigenvalue weighted by Gasteiger charge is 2.39. The van der Waals surface area contributed by atoms with Gasteiger partial charge < -0.3 is 4.74 Å². The summed E-state index contributed by atoms with van der Waals surface area (Å²) in [6.45, 7) is 4.34. The van der Waals surface area contributed by atoms with E-state index in [2.05, 4.69) is 6.92 Å². The summed E-state index contributed by atoms with van der Waals surface area (Å²) < 4.78 is 5.11. The molecule has 0 N–H and O–H groups in total. The normalized spacial score (nSPS) is 19.1. The van der Waals surface area contributed by atoms with Crippen LogP contribution in [0.5, 0.6) is 0 Å². The number of hydrogen-bond donors (Lipinski definition) is 0. The first-order chi connectivity index (χ1) is 10.6. The third-order valence-corrected chi connectivity index (χ3v) is 4.17. The quantitative estimate of drug-likeness (QED) is 0.720. The number of imide groups is 1. The molecule has 4 nitrogen and oxygen atoms in total. The average Bonchev–Trinajstić information content (AvgIpc) is 2.88. The van der Waals surface area contributed by atoms with Crippen molar-refractivity contribution in [2.45, 2.75) is 52.0 Å². The lowest BCUT2D eigenvalue weighted by Crippen LogP contribution is -2.43. The topological polar surface area (TPSA) is 46.6 Å². The van der Waals surface area contributed by atoms with Crippen molar-refractivity contribution in [1.29, 1.82) is 0 Å². The van der Waals surface area contributed by atoms with Gasteiger partial charge in [0.1, 0.15) is 6.61 Å². The molecule has 0 radical (unpaired) electrons. The Labute approximate surface area is 132 Å². The Bertz CT molecular complexity index is 500. The predicted octanol–water partition coefficient (Wildman–Crippen LogP) is 3.79. The van der Waals surface area contributed by atoms with Gasteiger partial charge >= 0.3 is 6.09 Å². The molecule has 0 aliphatic carbocycles. The fourth-order valence-corrected chi connectivity index (χ4v) is 2.83. The third kappa shape index (κ3) is 4.09. The van der Waals surface area contributed by atoms with Crippen LogP contribution in [0.25, 0.3) is 0 Å². The van der Waals surface area contributed by atoms with Crippen LogP contribution in [0.3, 0.4) is 0 Å². The van der Waals surface area contributed by atoms with Crippen molar-refractivity contribution < 1.29 is 14.3 Å². The minimum Gasteiger partial charge on any atom is -0.447 e. The SMILES string of the molecule is CCCCC[C@@H](C)C(=O)N1C(=O)OC[C@@H]1Cc1ccccc1. The van der Waals surface area contributed by atoms with Crippen molar-refractivity contribution in [2.75, 3.05) is 6.61 Å². The Balaban J connectivity index is 1.99. The van der Waals surface area contributed by atoms with E-state index in [4.69, 9.17) is 4.74 Å².